The molecule has 0 aliphatic rings. The summed E-state index contributed by atoms with van der Waals surface area (Å²) < 4.78 is 54.0. The van der Waals surface area contributed by atoms with Crippen LogP contribution < -0.4 is 9.47 Å². The average molecular weight is 341 g/mol. The van der Waals surface area contributed by atoms with E-state index in [4.69, 9.17) is 9.47 Å². The summed E-state index contributed by atoms with van der Waals surface area (Å²) in [5.74, 6) is -2.37. The van der Waals surface area contributed by atoms with Gasteiger partial charge in [0.2, 0.25) is 0 Å². The predicted molar refractivity (Wildman–Crippen MR) is 76.7 cm³/mol. The maximum Gasteiger partial charge on any atom is 0.577 e. The summed E-state index contributed by atoms with van der Waals surface area (Å²) in [6, 6.07) is 9.55. The SMILES string of the molecule is F[B]F.O=C(CC(=O)Oc1ccc(F)cc1)Oc1ccc(F)cc1. The van der Waals surface area contributed by atoms with Gasteiger partial charge in [0.1, 0.15) is 29.6 Å². The smallest absolute Gasteiger partial charge is 0.426 e. The second-order valence-electron chi connectivity index (χ2n) is 4.12. The number of halogens is 4. The van der Waals surface area contributed by atoms with Crippen molar-refractivity contribution in [3.8, 4) is 11.5 Å². The zero-order valence-corrected chi connectivity index (χ0v) is 12.0. The Morgan fingerprint density at radius 1 is 0.750 bits per heavy atom. The minimum absolute atomic E-state index is 0.121. The fraction of sp³-hybridized carbons (Fsp3) is 0.0667. The van der Waals surface area contributed by atoms with Gasteiger partial charge in [0, 0.05) is 0 Å². The van der Waals surface area contributed by atoms with Gasteiger partial charge in [-0.2, -0.15) is 0 Å². The second-order valence-corrected chi connectivity index (χ2v) is 4.12. The van der Waals surface area contributed by atoms with E-state index in [2.05, 4.69) is 0 Å². The molecule has 1 radical (unpaired) electrons. The molecule has 0 aliphatic carbocycles. The van der Waals surface area contributed by atoms with Gasteiger partial charge in [0.25, 0.3) is 0 Å². The lowest BCUT2D eigenvalue weighted by Crippen LogP contribution is -2.18. The molecule has 0 aromatic heterocycles. The van der Waals surface area contributed by atoms with Crippen molar-refractivity contribution in [2.24, 2.45) is 0 Å². The van der Waals surface area contributed by atoms with Crippen LogP contribution in [0, 0.1) is 11.6 Å². The van der Waals surface area contributed by atoms with E-state index in [1.165, 1.54) is 24.3 Å². The molecule has 0 spiro atoms. The van der Waals surface area contributed by atoms with Crippen LogP contribution in [-0.2, 0) is 9.59 Å². The summed E-state index contributed by atoms with van der Waals surface area (Å²) in [5, 5.41) is 0. The molecule has 0 aliphatic heterocycles. The van der Waals surface area contributed by atoms with Crippen molar-refractivity contribution in [2.45, 2.75) is 6.42 Å². The van der Waals surface area contributed by atoms with Crippen molar-refractivity contribution < 1.29 is 36.5 Å². The van der Waals surface area contributed by atoms with Crippen molar-refractivity contribution in [1.29, 1.82) is 0 Å². The van der Waals surface area contributed by atoms with Crippen LogP contribution in [0.5, 0.6) is 11.5 Å². The lowest BCUT2D eigenvalue weighted by molar-refractivity contribution is -0.144. The molecule has 2 rings (SSSR count). The minimum Gasteiger partial charge on any atom is -0.426 e. The topological polar surface area (TPSA) is 52.6 Å². The van der Waals surface area contributed by atoms with Gasteiger partial charge in [-0.3, -0.25) is 18.2 Å². The lowest BCUT2D eigenvalue weighted by atomic mass is 10.3. The summed E-state index contributed by atoms with van der Waals surface area (Å²) in [6.07, 6.45) is -0.616. The van der Waals surface area contributed by atoms with E-state index in [9.17, 15) is 27.0 Å². The molecule has 0 heterocycles. The van der Waals surface area contributed by atoms with Gasteiger partial charge >= 0.3 is 19.8 Å². The second kappa shape index (κ2) is 10.0. The summed E-state index contributed by atoms with van der Waals surface area (Å²) in [6.45, 7) is 0. The fourth-order valence-corrected chi connectivity index (χ4v) is 1.46. The van der Waals surface area contributed by atoms with E-state index in [-0.39, 0.29) is 11.5 Å². The molecule has 0 atom stereocenters. The molecule has 0 saturated heterocycles. The first-order valence-electron chi connectivity index (χ1n) is 6.39. The Bertz CT molecular complexity index is 605. The Morgan fingerprint density at radius 3 is 1.33 bits per heavy atom. The van der Waals surface area contributed by atoms with Gasteiger partial charge in [-0.25, -0.2) is 8.78 Å². The Labute approximate surface area is 135 Å². The summed E-state index contributed by atoms with van der Waals surface area (Å²) in [7, 11) is -1.00. The van der Waals surface area contributed by atoms with Crippen LogP contribution in [0.2, 0.25) is 0 Å². The van der Waals surface area contributed by atoms with Crippen molar-refractivity contribution >= 4 is 19.8 Å². The zero-order chi connectivity index (χ0) is 17.9. The molecule has 0 fully saturated rings. The van der Waals surface area contributed by atoms with Gasteiger partial charge < -0.3 is 9.47 Å². The number of carbonyl (C=O) groups is 2. The van der Waals surface area contributed by atoms with Gasteiger partial charge in [-0.15, -0.1) is 0 Å². The van der Waals surface area contributed by atoms with E-state index < -0.39 is 37.8 Å². The van der Waals surface area contributed by atoms with Gasteiger partial charge in [-0.1, -0.05) is 0 Å². The number of hydrogen-bond donors (Lipinski definition) is 0. The number of carbonyl (C=O) groups excluding carboxylic acids is 2. The van der Waals surface area contributed by atoms with Crippen molar-refractivity contribution in [3.05, 3.63) is 60.2 Å². The van der Waals surface area contributed by atoms with Crippen molar-refractivity contribution in [3.63, 3.8) is 0 Å². The zero-order valence-electron chi connectivity index (χ0n) is 12.0. The molecule has 2 aromatic carbocycles. The number of ether oxygens (including phenoxy) is 2. The molecule has 4 nitrogen and oxygen atoms in total. The number of esters is 2. The minimum atomic E-state index is -1.00. The first-order chi connectivity index (χ1) is 11.4. The van der Waals surface area contributed by atoms with Crippen LogP contribution in [0.4, 0.5) is 17.4 Å². The van der Waals surface area contributed by atoms with Gasteiger partial charge in [0.05, 0.1) is 0 Å². The van der Waals surface area contributed by atoms with Crippen LogP contribution in [0.3, 0.4) is 0 Å². The molecular formula is C15H10BF4O4. The van der Waals surface area contributed by atoms with Crippen molar-refractivity contribution in [1.82, 2.24) is 0 Å². The van der Waals surface area contributed by atoms with Crippen LogP contribution in [0.1, 0.15) is 6.42 Å². The van der Waals surface area contributed by atoms with E-state index >= 15 is 0 Å². The molecule has 0 bridgehead atoms. The van der Waals surface area contributed by atoms with Crippen molar-refractivity contribution in [2.75, 3.05) is 0 Å². The largest absolute Gasteiger partial charge is 0.577 e. The lowest BCUT2D eigenvalue weighted by Gasteiger charge is -2.05. The Morgan fingerprint density at radius 2 is 1.04 bits per heavy atom. The summed E-state index contributed by atoms with van der Waals surface area (Å²) >= 11 is 0. The fourth-order valence-electron chi connectivity index (χ4n) is 1.46. The Balaban J connectivity index is 0.000000891. The number of hydrogen-bond acceptors (Lipinski definition) is 4. The highest BCUT2D eigenvalue weighted by molar-refractivity contribution is 6.15. The molecule has 0 N–H and O–H groups in total. The van der Waals surface area contributed by atoms with E-state index in [0.717, 1.165) is 24.3 Å². The van der Waals surface area contributed by atoms with E-state index in [1.807, 2.05) is 0 Å². The molecule has 2 aromatic rings. The van der Waals surface area contributed by atoms with Gasteiger partial charge in [-0.05, 0) is 48.5 Å². The Hall–Kier alpha value is -2.84. The highest BCUT2D eigenvalue weighted by Crippen LogP contribution is 2.14. The molecule has 0 unspecified atom stereocenters. The first-order valence-corrected chi connectivity index (χ1v) is 6.39. The van der Waals surface area contributed by atoms with E-state index in [1.54, 1.807) is 0 Å². The maximum atomic E-state index is 12.7. The van der Waals surface area contributed by atoms with Crippen LogP contribution in [-0.4, -0.2) is 19.8 Å². The average Bonchev–Trinajstić information content (AvgIpc) is 2.52. The third-order valence-electron chi connectivity index (χ3n) is 2.38. The highest BCUT2D eigenvalue weighted by atomic mass is 19.2. The standard InChI is InChI=1S/C15H10F2O4.BF2/c16-10-1-5-12(6-2-10)20-14(18)9-15(19)21-13-7-3-11(17)4-8-13;2-1-3/h1-8H,9H2;. The van der Waals surface area contributed by atoms with Crippen LogP contribution in [0.15, 0.2) is 48.5 Å². The van der Waals surface area contributed by atoms with Gasteiger partial charge in [0.15, 0.2) is 0 Å². The third-order valence-corrected chi connectivity index (χ3v) is 2.38. The highest BCUT2D eigenvalue weighted by Gasteiger charge is 2.14. The molecule has 0 amide bonds. The molecule has 0 saturated carbocycles. The predicted octanol–water partition coefficient (Wildman–Crippen LogP) is 3.33. The summed E-state index contributed by atoms with van der Waals surface area (Å²) in [5.41, 5.74) is 0. The number of rotatable bonds is 4. The monoisotopic (exact) mass is 341 g/mol. The van der Waals surface area contributed by atoms with E-state index in [0.29, 0.717) is 0 Å². The molecule has 125 valence electrons. The summed E-state index contributed by atoms with van der Waals surface area (Å²) in [4.78, 5) is 23.0. The third kappa shape index (κ3) is 7.43. The first kappa shape index (κ1) is 19.2. The maximum absolute atomic E-state index is 12.7. The number of benzene rings is 2. The normalized spacial score (nSPS) is 9.33. The molecular weight excluding hydrogens is 331 g/mol. The molecule has 24 heavy (non-hydrogen) atoms. The quantitative estimate of drug-likeness (QED) is 0.281. The Kier molecular flexibility index (Phi) is 8.03. The van der Waals surface area contributed by atoms with Crippen LogP contribution in [0.25, 0.3) is 0 Å². The molecule has 9 heteroatoms. The van der Waals surface area contributed by atoms with Crippen LogP contribution >= 0.6 is 0 Å².